The molecule has 0 fully saturated rings. The fourth-order valence-electron chi connectivity index (χ4n) is 2.61. The topological polar surface area (TPSA) is 108 Å². The average molecular weight is 373 g/mol. The third-order valence-corrected chi connectivity index (χ3v) is 4.02. The lowest BCUT2D eigenvalue weighted by Crippen LogP contribution is -2.00. The molecule has 0 aliphatic carbocycles. The fraction of sp³-hybridized carbons (Fsp3) is 0.368. The molecule has 27 heavy (non-hydrogen) atoms. The second-order valence-electron chi connectivity index (χ2n) is 6.13. The quantitative estimate of drug-likeness (QED) is 0.312. The van der Waals surface area contributed by atoms with Gasteiger partial charge >= 0.3 is 0 Å². The molecule has 0 unspecified atom stereocenters. The van der Waals surface area contributed by atoms with Crippen LogP contribution in [-0.2, 0) is 0 Å². The van der Waals surface area contributed by atoms with Crippen molar-refractivity contribution in [1.82, 2.24) is 0 Å². The summed E-state index contributed by atoms with van der Waals surface area (Å²) in [6.07, 6.45) is 5.73. The molecule has 2 aromatic carbocycles. The van der Waals surface area contributed by atoms with Crippen LogP contribution in [-0.4, -0.2) is 16.5 Å². The summed E-state index contributed by atoms with van der Waals surface area (Å²) in [6.45, 7) is 2.79. The van der Waals surface area contributed by atoms with Gasteiger partial charge in [0.2, 0.25) is 0 Å². The maximum Gasteiger partial charge on any atom is 0.299 e. The van der Waals surface area contributed by atoms with E-state index in [2.05, 4.69) is 12.2 Å². The Morgan fingerprint density at radius 3 is 2.44 bits per heavy atom. The molecular formula is C19H23N3O5. The number of anilines is 2. The maximum absolute atomic E-state index is 11.2. The van der Waals surface area contributed by atoms with Crippen LogP contribution < -0.4 is 10.1 Å². The van der Waals surface area contributed by atoms with E-state index in [-0.39, 0.29) is 17.1 Å². The normalized spacial score (nSPS) is 10.4. The van der Waals surface area contributed by atoms with Gasteiger partial charge in [-0.05, 0) is 24.6 Å². The lowest BCUT2D eigenvalue weighted by molar-refractivity contribution is -0.393. The highest BCUT2D eigenvalue weighted by atomic mass is 16.6. The van der Waals surface area contributed by atoms with E-state index >= 15 is 0 Å². The average Bonchev–Trinajstić information content (AvgIpc) is 2.65. The van der Waals surface area contributed by atoms with Crippen molar-refractivity contribution >= 4 is 22.7 Å². The van der Waals surface area contributed by atoms with Gasteiger partial charge in [0, 0.05) is 17.8 Å². The first-order valence-electron chi connectivity index (χ1n) is 8.94. The molecule has 1 N–H and O–H groups in total. The third-order valence-electron chi connectivity index (χ3n) is 4.02. The van der Waals surface area contributed by atoms with Gasteiger partial charge in [0.1, 0.15) is 11.4 Å². The summed E-state index contributed by atoms with van der Waals surface area (Å²) in [5.74, 6) is 0.667. The van der Waals surface area contributed by atoms with Crippen LogP contribution in [0.15, 0.2) is 42.5 Å². The number of nitro benzene ring substituents is 2. The van der Waals surface area contributed by atoms with E-state index in [1.165, 1.54) is 31.4 Å². The molecule has 0 spiro atoms. The highest BCUT2D eigenvalue weighted by Crippen LogP contribution is 2.32. The summed E-state index contributed by atoms with van der Waals surface area (Å²) in [5, 5.41) is 25.0. The highest BCUT2D eigenvalue weighted by molar-refractivity contribution is 5.72. The third kappa shape index (κ3) is 6.25. The molecule has 0 radical (unpaired) electrons. The van der Waals surface area contributed by atoms with Crippen LogP contribution in [0.25, 0.3) is 0 Å². The molecule has 8 heteroatoms. The Hall–Kier alpha value is -3.16. The van der Waals surface area contributed by atoms with Gasteiger partial charge in [-0.25, -0.2) is 0 Å². The number of non-ortho nitro benzene ring substituents is 1. The van der Waals surface area contributed by atoms with Gasteiger partial charge in [0.05, 0.1) is 22.5 Å². The first-order valence-corrected chi connectivity index (χ1v) is 8.94. The van der Waals surface area contributed by atoms with E-state index in [4.69, 9.17) is 4.74 Å². The van der Waals surface area contributed by atoms with Crippen LogP contribution >= 0.6 is 0 Å². The van der Waals surface area contributed by atoms with E-state index in [9.17, 15) is 20.2 Å². The molecule has 0 saturated heterocycles. The second-order valence-corrected chi connectivity index (χ2v) is 6.13. The summed E-state index contributed by atoms with van der Waals surface area (Å²) in [7, 11) is 0. The Kier molecular flexibility index (Phi) is 7.54. The fourth-order valence-corrected chi connectivity index (χ4v) is 2.61. The summed E-state index contributed by atoms with van der Waals surface area (Å²) in [6, 6.07) is 10.6. The number of rotatable bonds is 11. The summed E-state index contributed by atoms with van der Waals surface area (Å²) >= 11 is 0. The number of benzene rings is 2. The first kappa shape index (κ1) is 20.2. The molecule has 0 heterocycles. The highest BCUT2D eigenvalue weighted by Gasteiger charge is 2.19. The van der Waals surface area contributed by atoms with Crippen LogP contribution in [0.5, 0.6) is 5.75 Å². The molecule has 144 valence electrons. The minimum atomic E-state index is -0.661. The zero-order valence-corrected chi connectivity index (χ0v) is 15.2. The van der Waals surface area contributed by atoms with Gasteiger partial charge in [-0.15, -0.1) is 0 Å². The number of nitrogens with zero attached hydrogens (tertiary/aromatic N) is 2. The number of hydrogen-bond acceptors (Lipinski definition) is 6. The van der Waals surface area contributed by atoms with Crippen molar-refractivity contribution in [3.05, 3.63) is 62.7 Å². The van der Waals surface area contributed by atoms with Gasteiger partial charge in [0.25, 0.3) is 11.4 Å². The Bertz CT molecular complexity index is 795. The second kappa shape index (κ2) is 10.1. The van der Waals surface area contributed by atoms with E-state index < -0.39 is 9.85 Å². The largest absolute Gasteiger partial charge is 0.494 e. The van der Waals surface area contributed by atoms with E-state index in [1.54, 1.807) is 18.2 Å². The molecule has 8 nitrogen and oxygen atoms in total. The zero-order valence-electron chi connectivity index (χ0n) is 15.2. The van der Waals surface area contributed by atoms with Gasteiger partial charge in [-0.1, -0.05) is 38.7 Å². The Labute approximate surface area is 157 Å². The van der Waals surface area contributed by atoms with Crippen molar-refractivity contribution in [1.29, 1.82) is 0 Å². The predicted octanol–water partition coefficient (Wildman–Crippen LogP) is 5.60. The molecule has 0 amide bonds. The molecule has 0 aromatic heterocycles. The van der Waals surface area contributed by atoms with Gasteiger partial charge in [-0.3, -0.25) is 20.2 Å². The molecule has 0 aliphatic heterocycles. The maximum atomic E-state index is 11.2. The molecule has 0 aliphatic rings. The molecule has 0 saturated carbocycles. The van der Waals surface area contributed by atoms with Crippen molar-refractivity contribution in [2.75, 3.05) is 11.9 Å². The van der Waals surface area contributed by atoms with Crippen LogP contribution in [0.3, 0.4) is 0 Å². The summed E-state index contributed by atoms with van der Waals surface area (Å²) in [5.41, 5.74) is 0.108. The van der Waals surface area contributed by atoms with Crippen LogP contribution in [0.4, 0.5) is 22.7 Å². The smallest absolute Gasteiger partial charge is 0.299 e. The summed E-state index contributed by atoms with van der Waals surface area (Å²) in [4.78, 5) is 20.7. The minimum absolute atomic E-state index is 0.183. The number of unbranched alkanes of at least 4 members (excludes halogenated alkanes) is 4. The van der Waals surface area contributed by atoms with Gasteiger partial charge < -0.3 is 10.1 Å². The standard InChI is InChI=1S/C19H23N3O5/c1-2-3-4-5-6-12-27-17-9-7-8-15(13-17)20-18-11-10-16(21(23)24)14-19(18)22(25)26/h7-11,13-14,20H,2-6,12H2,1H3. The predicted molar refractivity (Wildman–Crippen MR) is 104 cm³/mol. The summed E-state index contributed by atoms with van der Waals surface area (Å²) < 4.78 is 5.73. The van der Waals surface area contributed by atoms with E-state index in [1.807, 2.05) is 6.07 Å². The SMILES string of the molecule is CCCCCCCOc1cccc(Nc2ccc([N+](=O)[O-])cc2[N+](=O)[O-])c1. The lowest BCUT2D eigenvalue weighted by Gasteiger charge is -2.10. The lowest BCUT2D eigenvalue weighted by atomic mass is 10.2. The number of nitrogens with one attached hydrogen (secondary N) is 1. The van der Waals surface area contributed by atoms with Crippen molar-refractivity contribution in [2.24, 2.45) is 0 Å². The Morgan fingerprint density at radius 1 is 0.963 bits per heavy atom. The number of ether oxygens (including phenoxy) is 1. The van der Waals surface area contributed by atoms with Crippen molar-refractivity contribution in [2.45, 2.75) is 39.0 Å². The number of nitro groups is 2. The monoisotopic (exact) mass is 373 g/mol. The van der Waals surface area contributed by atoms with Gasteiger partial charge in [-0.2, -0.15) is 0 Å². The Balaban J connectivity index is 2.03. The van der Waals surface area contributed by atoms with Crippen LogP contribution in [0, 0.1) is 20.2 Å². The van der Waals surface area contributed by atoms with Crippen molar-refractivity contribution in [3.63, 3.8) is 0 Å². The van der Waals surface area contributed by atoms with Crippen molar-refractivity contribution < 1.29 is 14.6 Å². The van der Waals surface area contributed by atoms with Crippen molar-refractivity contribution in [3.8, 4) is 5.75 Å². The molecule has 2 aromatic rings. The van der Waals surface area contributed by atoms with E-state index in [0.29, 0.717) is 18.0 Å². The molecule has 0 atom stereocenters. The van der Waals surface area contributed by atoms with Crippen LogP contribution in [0.1, 0.15) is 39.0 Å². The van der Waals surface area contributed by atoms with Crippen LogP contribution in [0.2, 0.25) is 0 Å². The first-order chi connectivity index (χ1) is 13.0. The molecule has 0 bridgehead atoms. The number of hydrogen-bond donors (Lipinski definition) is 1. The zero-order chi connectivity index (χ0) is 19.6. The molecular weight excluding hydrogens is 350 g/mol. The Morgan fingerprint density at radius 2 is 1.74 bits per heavy atom. The minimum Gasteiger partial charge on any atom is -0.494 e. The van der Waals surface area contributed by atoms with E-state index in [0.717, 1.165) is 18.9 Å². The molecule has 2 rings (SSSR count). The van der Waals surface area contributed by atoms with Gasteiger partial charge in [0.15, 0.2) is 0 Å².